The van der Waals surface area contributed by atoms with E-state index in [4.69, 9.17) is 0 Å². The zero-order chi connectivity index (χ0) is 10.5. The molecule has 1 aliphatic rings. The van der Waals surface area contributed by atoms with E-state index >= 15 is 0 Å². The second-order valence-electron chi connectivity index (χ2n) is 3.34. The summed E-state index contributed by atoms with van der Waals surface area (Å²) in [5, 5.41) is 3.45. The molecule has 1 atom stereocenters. The molecule has 0 fully saturated rings. The maximum Gasteiger partial charge on any atom is 0.0706 e. The Hall–Kier alpha value is -1.28. The third kappa shape index (κ3) is 2.60. The standard InChI is InChI=1S/C13H12BrN/c14-10-11-6-4-5-9-13(11)15-12-7-2-1-3-8-12/h1-10,13,15H. The Bertz CT molecular complexity index is 404. The smallest absolute Gasteiger partial charge is 0.0706 e. The molecule has 0 radical (unpaired) electrons. The SMILES string of the molecule is BrC=C1C=CC=CC1Nc1ccccc1. The van der Waals surface area contributed by atoms with Crippen molar-refractivity contribution in [1.29, 1.82) is 0 Å². The maximum atomic E-state index is 3.45. The van der Waals surface area contributed by atoms with Gasteiger partial charge < -0.3 is 5.32 Å². The number of hydrogen-bond donors (Lipinski definition) is 1. The lowest BCUT2D eigenvalue weighted by Crippen LogP contribution is -2.19. The summed E-state index contributed by atoms with van der Waals surface area (Å²) in [4.78, 5) is 1.95. The van der Waals surface area contributed by atoms with Gasteiger partial charge in [0.1, 0.15) is 0 Å². The number of benzene rings is 1. The van der Waals surface area contributed by atoms with E-state index in [0.29, 0.717) is 0 Å². The van der Waals surface area contributed by atoms with E-state index < -0.39 is 0 Å². The highest BCUT2D eigenvalue weighted by Crippen LogP contribution is 2.18. The fourth-order valence-electron chi connectivity index (χ4n) is 1.51. The van der Waals surface area contributed by atoms with Crippen LogP contribution >= 0.6 is 15.9 Å². The Morgan fingerprint density at radius 1 is 1.13 bits per heavy atom. The molecule has 0 heterocycles. The van der Waals surface area contributed by atoms with Gasteiger partial charge in [-0.15, -0.1) is 0 Å². The Morgan fingerprint density at radius 2 is 1.93 bits per heavy atom. The summed E-state index contributed by atoms with van der Waals surface area (Å²) in [7, 11) is 0. The molecule has 0 spiro atoms. The lowest BCUT2D eigenvalue weighted by Gasteiger charge is -2.19. The van der Waals surface area contributed by atoms with Crippen LogP contribution in [-0.2, 0) is 0 Å². The molecule has 2 rings (SSSR count). The highest BCUT2D eigenvalue weighted by molar-refractivity contribution is 9.11. The zero-order valence-electron chi connectivity index (χ0n) is 8.23. The number of rotatable bonds is 2. The summed E-state index contributed by atoms with van der Waals surface area (Å²) >= 11 is 3.38. The first-order chi connectivity index (χ1) is 7.40. The predicted molar refractivity (Wildman–Crippen MR) is 69.1 cm³/mol. The van der Waals surface area contributed by atoms with E-state index in [1.54, 1.807) is 0 Å². The van der Waals surface area contributed by atoms with Crippen LogP contribution in [-0.4, -0.2) is 6.04 Å². The summed E-state index contributed by atoms with van der Waals surface area (Å²) in [6.45, 7) is 0. The lowest BCUT2D eigenvalue weighted by atomic mass is 10.0. The molecule has 1 aromatic rings. The molecule has 1 N–H and O–H groups in total. The van der Waals surface area contributed by atoms with Crippen LogP contribution in [0.25, 0.3) is 0 Å². The minimum Gasteiger partial charge on any atom is -0.375 e. The van der Waals surface area contributed by atoms with E-state index in [-0.39, 0.29) is 6.04 Å². The fourth-order valence-corrected chi connectivity index (χ4v) is 1.94. The van der Waals surface area contributed by atoms with Crippen LogP contribution < -0.4 is 5.32 Å². The maximum absolute atomic E-state index is 3.45. The molecule has 15 heavy (non-hydrogen) atoms. The molecule has 1 aromatic carbocycles. The first-order valence-corrected chi connectivity index (χ1v) is 5.78. The van der Waals surface area contributed by atoms with Crippen LogP contribution in [0.4, 0.5) is 5.69 Å². The van der Waals surface area contributed by atoms with Crippen molar-refractivity contribution in [3.63, 3.8) is 0 Å². The van der Waals surface area contributed by atoms with Crippen molar-refractivity contribution in [2.75, 3.05) is 5.32 Å². The van der Waals surface area contributed by atoms with Crippen LogP contribution in [0.1, 0.15) is 0 Å². The van der Waals surface area contributed by atoms with Crippen molar-refractivity contribution in [3.8, 4) is 0 Å². The predicted octanol–water partition coefficient (Wildman–Crippen LogP) is 3.87. The van der Waals surface area contributed by atoms with Gasteiger partial charge in [-0.05, 0) is 22.7 Å². The summed E-state index contributed by atoms with van der Waals surface area (Å²) in [5.74, 6) is 0. The van der Waals surface area contributed by atoms with Crippen molar-refractivity contribution in [3.05, 3.63) is 65.2 Å². The molecule has 0 bridgehead atoms. The molecule has 1 nitrogen and oxygen atoms in total. The number of halogens is 1. The number of para-hydroxylation sites is 1. The van der Waals surface area contributed by atoms with E-state index in [0.717, 1.165) is 5.69 Å². The minimum atomic E-state index is 0.247. The summed E-state index contributed by atoms with van der Waals surface area (Å²) in [5.41, 5.74) is 2.36. The summed E-state index contributed by atoms with van der Waals surface area (Å²) < 4.78 is 0. The number of allylic oxidation sites excluding steroid dienone is 2. The lowest BCUT2D eigenvalue weighted by molar-refractivity contribution is 1.05. The molecule has 0 aliphatic heterocycles. The normalized spacial score (nSPS) is 21.9. The van der Waals surface area contributed by atoms with Gasteiger partial charge in [-0.25, -0.2) is 0 Å². The average Bonchev–Trinajstić information content (AvgIpc) is 2.31. The molecular formula is C13H12BrN. The van der Waals surface area contributed by atoms with Gasteiger partial charge in [0.25, 0.3) is 0 Å². The molecule has 0 saturated heterocycles. The quantitative estimate of drug-likeness (QED) is 0.853. The van der Waals surface area contributed by atoms with Gasteiger partial charge in [-0.1, -0.05) is 58.4 Å². The van der Waals surface area contributed by atoms with Crippen LogP contribution in [0.15, 0.2) is 65.2 Å². The Labute approximate surface area is 98.3 Å². The molecule has 1 aliphatic carbocycles. The highest BCUT2D eigenvalue weighted by Gasteiger charge is 2.09. The first kappa shape index (κ1) is 10.2. The van der Waals surface area contributed by atoms with E-state index in [1.807, 2.05) is 29.3 Å². The van der Waals surface area contributed by atoms with E-state index in [1.165, 1.54) is 5.57 Å². The Balaban J connectivity index is 2.13. The summed E-state index contributed by atoms with van der Waals surface area (Å²) in [6, 6.07) is 10.5. The van der Waals surface area contributed by atoms with Crippen molar-refractivity contribution in [2.45, 2.75) is 6.04 Å². The molecule has 1 unspecified atom stereocenters. The monoisotopic (exact) mass is 261 g/mol. The molecule has 0 amide bonds. The van der Waals surface area contributed by atoms with Crippen molar-refractivity contribution < 1.29 is 0 Å². The topological polar surface area (TPSA) is 12.0 Å². The van der Waals surface area contributed by atoms with Crippen LogP contribution in [0.5, 0.6) is 0 Å². The van der Waals surface area contributed by atoms with Crippen molar-refractivity contribution >= 4 is 21.6 Å². The molecule has 2 heteroatoms. The zero-order valence-corrected chi connectivity index (χ0v) is 9.81. The van der Waals surface area contributed by atoms with Gasteiger partial charge >= 0.3 is 0 Å². The average molecular weight is 262 g/mol. The highest BCUT2D eigenvalue weighted by atomic mass is 79.9. The fraction of sp³-hybridized carbons (Fsp3) is 0.0769. The molecule has 0 saturated carbocycles. The molecule has 0 aromatic heterocycles. The van der Waals surface area contributed by atoms with Crippen LogP contribution in [0, 0.1) is 0 Å². The van der Waals surface area contributed by atoms with Crippen LogP contribution in [0.2, 0.25) is 0 Å². The van der Waals surface area contributed by atoms with Gasteiger partial charge in [-0.3, -0.25) is 0 Å². The second kappa shape index (κ2) is 4.99. The van der Waals surface area contributed by atoms with E-state index in [2.05, 4.69) is 51.6 Å². The minimum absolute atomic E-state index is 0.247. The molecular weight excluding hydrogens is 250 g/mol. The van der Waals surface area contributed by atoms with Gasteiger partial charge in [0.2, 0.25) is 0 Å². The number of anilines is 1. The first-order valence-electron chi connectivity index (χ1n) is 4.87. The third-order valence-corrected chi connectivity index (χ3v) is 2.81. The van der Waals surface area contributed by atoms with E-state index in [9.17, 15) is 0 Å². The van der Waals surface area contributed by atoms with Gasteiger partial charge in [0, 0.05) is 5.69 Å². The molecule has 76 valence electrons. The van der Waals surface area contributed by atoms with Crippen LogP contribution in [0.3, 0.4) is 0 Å². The van der Waals surface area contributed by atoms with Crippen molar-refractivity contribution in [2.24, 2.45) is 0 Å². The number of nitrogens with one attached hydrogen (secondary N) is 1. The van der Waals surface area contributed by atoms with Crippen molar-refractivity contribution in [1.82, 2.24) is 0 Å². The van der Waals surface area contributed by atoms with Gasteiger partial charge in [0.15, 0.2) is 0 Å². The second-order valence-corrected chi connectivity index (χ2v) is 3.80. The summed E-state index contributed by atoms with van der Waals surface area (Å²) in [6.07, 6.45) is 8.33. The Kier molecular flexibility index (Phi) is 3.41. The van der Waals surface area contributed by atoms with Gasteiger partial charge in [0.05, 0.1) is 6.04 Å². The number of hydrogen-bond acceptors (Lipinski definition) is 1. The van der Waals surface area contributed by atoms with Gasteiger partial charge in [-0.2, -0.15) is 0 Å². The third-order valence-electron chi connectivity index (χ3n) is 2.28. The Morgan fingerprint density at radius 3 is 2.67 bits per heavy atom. The largest absolute Gasteiger partial charge is 0.375 e.